The maximum Gasteiger partial charge on any atom is 0.524 e. The first kappa shape index (κ1) is 8.71. The molecular weight excluding hydrogens is 135 g/mol. The second-order valence-corrected chi connectivity index (χ2v) is 1.51. The van der Waals surface area contributed by atoms with Crippen molar-refractivity contribution in [2.45, 2.75) is 25.9 Å². The van der Waals surface area contributed by atoms with E-state index in [4.69, 9.17) is 5.73 Å². The number of hydrogen-bond acceptors (Lipinski definition) is 2. The Hall–Kier alpha value is -0.290. The molecule has 0 fully saturated rings. The highest BCUT2D eigenvalue weighted by Crippen LogP contribution is 2.17. The molecule has 56 valence electrons. The lowest BCUT2D eigenvalue weighted by molar-refractivity contribution is -0.342. The summed E-state index contributed by atoms with van der Waals surface area (Å²) >= 11 is 0. The Labute approximate surface area is 50.8 Å². The molecule has 2 nitrogen and oxygen atoms in total. The Morgan fingerprint density at radius 1 is 1.56 bits per heavy atom. The van der Waals surface area contributed by atoms with E-state index in [0.29, 0.717) is 0 Å². The summed E-state index contributed by atoms with van der Waals surface area (Å²) in [6, 6.07) is 0. The standard InChI is InChI=1S/C4H8F3NO/c1-2-3(8)9-4(5,6)7/h3H,2,8H2,1H3/t3-/m0/s1. The lowest BCUT2D eigenvalue weighted by Crippen LogP contribution is -2.30. The van der Waals surface area contributed by atoms with Gasteiger partial charge in [0.1, 0.15) is 6.23 Å². The van der Waals surface area contributed by atoms with Crippen LogP contribution in [0.1, 0.15) is 13.3 Å². The van der Waals surface area contributed by atoms with E-state index in [0.717, 1.165) is 0 Å². The number of alkyl halides is 3. The summed E-state index contributed by atoms with van der Waals surface area (Å²) in [4.78, 5) is 0. The summed E-state index contributed by atoms with van der Waals surface area (Å²) in [7, 11) is 0. The van der Waals surface area contributed by atoms with Gasteiger partial charge >= 0.3 is 6.36 Å². The average Bonchev–Trinajstić information content (AvgIpc) is 1.62. The first-order valence-electron chi connectivity index (χ1n) is 2.46. The molecule has 0 aromatic heterocycles. The monoisotopic (exact) mass is 143 g/mol. The van der Waals surface area contributed by atoms with Crippen LogP contribution in [0.5, 0.6) is 0 Å². The molecule has 1 atom stereocenters. The van der Waals surface area contributed by atoms with Crippen molar-refractivity contribution in [1.82, 2.24) is 0 Å². The largest absolute Gasteiger partial charge is 0.524 e. The molecule has 0 aliphatic rings. The zero-order valence-corrected chi connectivity index (χ0v) is 4.90. The molecule has 0 aromatic rings. The zero-order valence-electron chi connectivity index (χ0n) is 4.90. The van der Waals surface area contributed by atoms with Gasteiger partial charge in [0.15, 0.2) is 0 Å². The molecule has 0 unspecified atom stereocenters. The fourth-order valence-electron chi connectivity index (χ4n) is 0.255. The predicted octanol–water partition coefficient (Wildman–Crippen LogP) is 1.22. The van der Waals surface area contributed by atoms with Crippen LogP contribution in [0.15, 0.2) is 0 Å². The van der Waals surface area contributed by atoms with Crippen molar-refractivity contribution in [3.05, 3.63) is 0 Å². The van der Waals surface area contributed by atoms with Crippen LogP contribution < -0.4 is 5.73 Å². The minimum absolute atomic E-state index is 0.152. The molecular formula is C4H8F3NO. The molecule has 0 aliphatic heterocycles. The fraction of sp³-hybridized carbons (Fsp3) is 1.00. The Kier molecular flexibility index (Phi) is 2.93. The predicted molar refractivity (Wildman–Crippen MR) is 25.4 cm³/mol. The first-order chi connectivity index (χ1) is 3.95. The minimum atomic E-state index is -4.60. The van der Waals surface area contributed by atoms with Gasteiger partial charge in [-0.05, 0) is 6.42 Å². The van der Waals surface area contributed by atoms with Gasteiger partial charge in [-0.15, -0.1) is 13.2 Å². The van der Waals surface area contributed by atoms with Crippen molar-refractivity contribution in [3.8, 4) is 0 Å². The van der Waals surface area contributed by atoms with Gasteiger partial charge in [-0.1, -0.05) is 6.92 Å². The van der Waals surface area contributed by atoms with Gasteiger partial charge in [0.25, 0.3) is 0 Å². The summed E-state index contributed by atoms with van der Waals surface area (Å²) in [6.45, 7) is 1.51. The van der Waals surface area contributed by atoms with Gasteiger partial charge in [0, 0.05) is 0 Å². The Balaban J connectivity index is 3.47. The van der Waals surface area contributed by atoms with Gasteiger partial charge < -0.3 is 5.73 Å². The van der Waals surface area contributed by atoms with Crippen LogP contribution in [0, 0.1) is 0 Å². The molecule has 0 heterocycles. The van der Waals surface area contributed by atoms with Crippen LogP contribution in [0.25, 0.3) is 0 Å². The van der Waals surface area contributed by atoms with Gasteiger partial charge in [0.05, 0.1) is 0 Å². The molecule has 9 heavy (non-hydrogen) atoms. The highest BCUT2D eigenvalue weighted by atomic mass is 19.4. The molecule has 0 spiro atoms. The zero-order chi connectivity index (χ0) is 7.49. The topological polar surface area (TPSA) is 35.2 Å². The van der Waals surface area contributed by atoms with Gasteiger partial charge in [0.2, 0.25) is 0 Å². The molecule has 0 bridgehead atoms. The second kappa shape index (κ2) is 3.03. The summed E-state index contributed by atoms with van der Waals surface area (Å²) in [5.41, 5.74) is 4.82. The first-order valence-corrected chi connectivity index (χ1v) is 2.46. The Morgan fingerprint density at radius 2 is 2.00 bits per heavy atom. The minimum Gasteiger partial charge on any atom is -0.306 e. The van der Waals surface area contributed by atoms with Crippen molar-refractivity contribution < 1.29 is 17.9 Å². The van der Waals surface area contributed by atoms with Crippen LogP contribution >= 0.6 is 0 Å². The van der Waals surface area contributed by atoms with E-state index in [-0.39, 0.29) is 6.42 Å². The number of halogens is 3. The Bertz CT molecular complexity index is 82.4. The highest BCUT2D eigenvalue weighted by molar-refractivity contribution is 4.42. The summed E-state index contributed by atoms with van der Waals surface area (Å²) in [6.07, 6.45) is -5.68. The summed E-state index contributed by atoms with van der Waals surface area (Å²) < 4.78 is 36.9. The number of hydrogen-bond donors (Lipinski definition) is 1. The third-order valence-electron chi connectivity index (χ3n) is 0.687. The maximum absolute atomic E-state index is 11.2. The van der Waals surface area contributed by atoms with Crippen molar-refractivity contribution >= 4 is 0 Å². The lowest BCUT2D eigenvalue weighted by atomic mass is 10.4. The summed E-state index contributed by atoms with van der Waals surface area (Å²) in [5, 5.41) is 0. The van der Waals surface area contributed by atoms with Crippen LogP contribution in [-0.2, 0) is 4.74 Å². The number of ether oxygens (including phenoxy) is 1. The molecule has 0 aliphatic carbocycles. The molecule has 2 N–H and O–H groups in total. The quantitative estimate of drug-likeness (QED) is 0.590. The van der Waals surface area contributed by atoms with Crippen LogP contribution in [0.2, 0.25) is 0 Å². The third-order valence-corrected chi connectivity index (χ3v) is 0.687. The molecule has 0 aromatic carbocycles. The van der Waals surface area contributed by atoms with Crippen molar-refractivity contribution in [2.75, 3.05) is 0 Å². The van der Waals surface area contributed by atoms with Gasteiger partial charge in [-0.3, -0.25) is 4.74 Å². The molecule has 0 saturated heterocycles. The van der Waals surface area contributed by atoms with E-state index in [1.54, 1.807) is 0 Å². The van der Waals surface area contributed by atoms with E-state index < -0.39 is 12.6 Å². The lowest BCUT2D eigenvalue weighted by Gasteiger charge is -2.11. The van der Waals surface area contributed by atoms with E-state index in [9.17, 15) is 13.2 Å². The Morgan fingerprint density at radius 3 is 2.11 bits per heavy atom. The van der Waals surface area contributed by atoms with Crippen molar-refractivity contribution in [2.24, 2.45) is 5.73 Å². The SMILES string of the molecule is CC[C@@H](N)OC(F)(F)F. The molecule has 5 heteroatoms. The van der Waals surface area contributed by atoms with E-state index in [1.165, 1.54) is 6.92 Å². The molecule has 0 radical (unpaired) electrons. The molecule has 0 amide bonds. The van der Waals surface area contributed by atoms with Crippen molar-refractivity contribution in [1.29, 1.82) is 0 Å². The maximum atomic E-state index is 11.2. The smallest absolute Gasteiger partial charge is 0.306 e. The van der Waals surface area contributed by atoms with Crippen LogP contribution in [0.3, 0.4) is 0 Å². The summed E-state index contributed by atoms with van der Waals surface area (Å²) in [5.74, 6) is 0. The van der Waals surface area contributed by atoms with Gasteiger partial charge in [-0.2, -0.15) is 0 Å². The highest BCUT2D eigenvalue weighted by Gasteiger charge is 2.31. The van der Waals surface area contributed by atoms with Crippen LogP contribution in [0.4, 0.5) is 13.2 Å². The fourth-order valence-corrected chi connectivity index (χ4v) is 0.255. The molecule has 0 saturated carbocycles. The number of nitrogens with two attached hydrogens (primary N) is 1. The van der Waals surface area contributed by atoms with E-state index in [1.807, 2.05) is 0 Å². The molecule has 0 rings (SSSR count). The third kappa shape index (κ3) is 5.58. The average molecular weight is 143 g/mol. The van der Waals surface area contributed by atoms with Crippen molar-refractivity contribution in [3.63, 3.8) is 0 Å². The van der Waals surface area contributed by atoms with Crippen LogP contribution in [-0.4, -0.2) is 12.6 Å². The van der Waals surface area contributed by atoms with E-state index in [2.05, 4.69) is 4.74 Å². The van der Waals surface area contributed by atoms with Gasteiger partial charge in [-0.25, -0.2) is 0 Å². The normalized spacial score (nSPS) is 15.7. The number of rotatable bonds is 2. The van der Waals surface area contributed by atoms with E-state index >= 15 is 0 Å². The second-order valence-electron chi connectivity index (χ2n) is 1.51.